The Bertz CT molecular complexity index is 619. The van der Waals surface area contributed by atoms with Crippen molar-refractivity contribution in [3.63, 3.8) is 0 Å². The highest BCUT2D eigenvalue weighted by atomic mass is 35.5. The van der Waals surface area contributed by atoms with Crippen molar-refractivity contribution in [2.75, 3.05) is 0 Å². The van der Waals surface area contributed by atoms with Gasteiger partial charge < -0.3 is 0 Å². The summed E-state index contributed by atoms with van der Waals surface area (Å²) in [5.41, 5.74) is 2.61. The number of hydrogen-bond donors (Lipinski definition) is 0. The first-order chi connectivity index (χ1) is 9.01. The molecule has 0 spiro atoms. The molecule has 0 aliphatic heterocycles. The molecule has 100 valence electrons. The lowest BCUT2D eigenvalue weighted by molar-refractivity contribution is 0.0968. The highest BCUT2D eigenvalue weighted by molar-refractivity contribution is 6.30. The van der Waals surface area contributed by atoms with Gasteiger partial charge in [-0.25, -0.2) is 4.98 Å². The number of ketones is 1. The molecule has 0 aliphatic rings. The van der Waals surface area contributed by atoms with Gasteiger partial charge in [0.15, 0.2) is 5.78 Å². The van der Waals surface area contributed by atoms with Gasteiger partial charge in [0.2, 0.25) is 0 Å². The summed E-state index contributed by atoms with van der Waals surface area (Å²) in [6.45, 7) is 6.15. The number of hydrogen-bond acceptors (Lipinski definition) is 2. The first-order valence-electron chi connectivity index (χ1n) is 6.63. The molecule has 0 amide bonds. The lowest BCUT2D eigenvalue weighted by Crippen LogP contribution is -2.03. The number of halogens is 1. The summed E-state index contributed by atoms with van der Waals surface area (Å²) in [7, 11) is 0. The molecule has 1 aromatic carbocycles. The van der Waals surface area contributed by atoms with E-state index >= 15 is 0 Å². The molecule has 0 radical (unpaired) electrons. The van der Waals surface area contributed by atoms with Crippen molar-refractivity contribution < 1.29 is 4.79 Å². The molecule has 0 saturated heterocycles. The van der Waals surface area contributed by atoms with E-state index in [1.54, 1.807) is 0 Å². The van der Waals surface area contributed by atoms with Crippen LogP contribution in [0.4, 0.5) is 0 Å². The molecule has 0 aliphatic carbocycles. The van der Waals surface area contributed by atoms with Crippen LogP contribution < -0.4 is 0 Å². The zero-order chi connectivity index (χ0) is 14.0. The summed E-state index contributed by atoms with van der Waals surface area (Å²) >= 11 is 6.10. The van der Waals surface area contributed by atoms with E-state index in [1.165, 1.54) is 0 Å². The van der Waals surface area contributed by atoms with Crippen LogP contribution in [0.1, 0.15) is 43.1 Å². The molecule has 3 heteroatoms. The monoisotopic (exact) mass is 275 g/mol. The van der Waals surface area contributed by atoms with Gasteiger partial charge in [0.1, 0.15) is 5.15 Å². The molecule has 2 nitrogen and oxygen atoms in total. The van der Waals surface area contributed by atoms with E-state index in [9.17, 15) is 4.79 Å². The minimum atomic E-state index is 0.185. The molecule has 0 atom stereocenters. The van der Waals surface area contributed by atoms with Crippen LogP contribution in [0.5, 0.6) is 0 Å². The van der Waals surface area contributed by atoms with Crippen molar-refractivity contribution in [2.45, 2.75) is 33.6 Å². The van der Waals surface area contributed by atoms with Crippen LogP contribution in [0.2, 0.25) is 5.15 Å². The number of Topliss-reactive ketones (excluding diaryl/α,β-unsaturated/α-hetero) is 1. The van der Waals surface area contributed by atoms with Gasteiger partial charge in [0.25, 0.3) is 0 Å². The molecule has 0 fully saturated rings. The summed E-state index contributed by atoms with van der Waals surface area (Å²) in [5, 5.41) is 1.53. The lowest BCUT2D eigenvalue weighted by atomic mass is 9.99. The highest BCUT2D eigenvalue weighted by Crippen LogP contribution is 2.23. The molecule has 1 heterocycles. The zero-order valence-electron chi connectivity index (χ0n) is 11.5. The third-order valence-electron chi connectivity index (χ3n) is 3.14. The van der Waals surface area contributed by atoms with E-state index in [4.69, 9.17) is 11.6 Å². The van der Waals surface area contributed by atoms with Crippen LogP contribution in [0, 0.1) is 5.92 Å². The average Bonchev–Trinajstić information content (AvgIpc) is 2.36. The maximum Gasteiger partial charge on any atom is 0.163 e. The lowest BCUT2D eigenvalue weighted by Gasteiger charge is -2.07. The van der Waals surface area contributed by atoms with Crippen LogP contribution in [0.25, 0.3) is 10.9 Å². The number of carbonyl (C=O) groups excluding carboxylic acids is 1. The van der Waals surface area contributed by atoms with E-state index in [0.717, 1.165) is 28.5 Å². The minimum Gasteiger partial charge on any atom is -0.294 e. The van der Waals surface area contributed by atoms with Crippen molar-refractivity contribution in [1.82, 2.24) is 4.98 Å². The normalized spacial score (nSPS) is 11.2. The standard InChI is InChI=1S/C16H18ClNO/c1-4-11-8-13-9-12(15(19)7-10(2)3)5-6-14(13)18-16(11)17/h5-6,8-10H,4,7H2,1-3H3. The third-order valence-corrected chi connectivity index (χ3v) is 3.46. The SMILES string of the molecule is CCc1cc2cc(C(=O)CC(C)C)ccc2nc1Cl. The predicted molar refractivity (Wildman–Crippen MR) is 79.9 cm³/mol. The quantitative estimate of drug-likeness (QED) is 0.599. The number of carbonyl (C=O) groups is 1. The third kappa shape index (κ3) is 3.13. The Morgan fingerprint density at radius 1 is 1.32 bits per heavy atom. The highest BCUT2D eigenvalue weighted by Gasteiger charge is 2.10. The summed E-state index contributed by atoms with van der Waals surface area (Å²) in [5.74, 6) is 0.558. The van der Waals surface area contributed by atoms with Gasteiger partial charge >= 0.3 is 0 Å². The Morgan fingerprint density at radius 2 is 2.05 bits per heavy atom. The maximum atomic E-state index is 12.1. The van der Waals surface area contributed by atoms with Gasteiger partial charge in [-0.2, -0.15) is 0 Å². The summed E-state index contributed by atoms with van der Waals surface area (Å²) in [4.78, 5) is 16.4. The average molecular weight is 276 g/mol. The van der Waals surface area contributed by atoms with Crippen molar-refractivity contribution in [1.29, 1.82) is 0 Å². The Labute approximate surface area is 118 Å². The van der Waals surface area contributed by atoms with Crippen LogP contribution in [0.3, 0.4) is 0 Å². The summed E-state index contributed by atoms with van der Waals surface area (Å²) < 4.78 is 0. The van der Waals surface area contributed by atoms with Gasteiger partial charge in [0.05, 0.1) is 5.52 Å². The number of aromatic nitrogens is 1. The Balaban J connectivity index is 2.44. The first-order valence-corrected chi connectivity index (χ1v) is 7.01. The molecule has 2 rings (SSSR count). The summed E-state index contributed by atoms with van der Waals surface area (Å²) in [6.07, 6.45) is 1.42. The molecule has 19 heavy (non-hydrogen) atoms. The van der Waals surface area contributed by atoms with Gasteiger partial charge in [-0.15, -0.1) is 0 Å². The molecule has 0 unspecified atom stereocenters. The molecule has 2 aromatic rings. The van der Waals surface area contributed by atoms with E-state index < -0.39 is 0 Å². The van der Waals surface area contributed by atoms with Crippen molar-refractivity contribution >= 4 is 28.3 Å². The summed E-state index contributed by atoms with van der Waals surface area (Å²) in [6, 6.07) is 7.65. The Morgan fingerprint density at radius 3 is 2.68 bits per heavy atom. The number of rotatable bonds is 4. The fourth-order valence-electron chi connectivity index (χ4n) is 2.11. The second kappa shape index (κ2) is 5.70. The largest absolute Gasteiger partial charge is 0.294 e. The zero-order valence-corrected chi connectivity index (χ0v) is 12.3. The maximum absolute atomic E-state index is 12.1. The van der Waals surface area contributed by atoms with E-state index in [0.29, 0.717) is 17.5 Å². The number of fused-ring (bicyclic) bond motifs is 1. The molecule has 0 saturated carbocycles. The van der Waals surface area contributed by atoms with E-state index in [1.807, 2.05) is 31.2 Å². The molecular formula is C16H18ClNO. The minimum absolute atomic E-state index is 0.185. The smallest absolute Gasteiger partial charge is 0.163 e. The van der Waals surface area contributed by atoms with Gasteiger partial charge in [-0.05, 0) is 42.2 Å². The topological polar surface area (TPSA) is 30.0 Å². The van der Waals surface area contributed by atoms with Crippen molar-refractivity contribution in [2.24, 2.45) is 5.92 Å². The molecule has 0 bridgehead atoms. The van der Waals surface area contributed by atoms with Crippen LogP contribution >= 0.6 is 11.6 Å². The van der Waals surface area contributed by atoms with Gasteiger partial charge in [-0.1, -0.05) is 32.4 Å². The van der Waals surface area contributed by atoms with Crippen LogP contribution in [0.15, 0.2) is 24.3 Å². The second-order valence-corrected chi connectivity index (χ2v) is 5.58. The first kappa shape index (κ1) is 14.0. The number of aryl methyl sites for hydroxylation is 1. The predicted octanol–water partition coefficient (Wildman–Crippen LogP) is 4.68. The number of benzene rings is 1. The number of nitrogens with zero attached hydrogens (tertiary/aromatic N) is 1. The van der Waals surface area contributed by atoms with Crippen molar-refractivity contribution in [3.05, 3.63) is 40.5 Å². The van der Waals surface area contributed by atoms with E-state index in [-0.39, 0.29) is 5.78 Å². The Kier molecular flexibility index (Phi) is 4.20. The number of pyridine rings is 1. The van der Waals surface area contributed by atoms with Crippen molar-refractivity contribution in [3.8, 4) is 0 Å². The van der Waals surface area contributed by atoms with Gasteiger partial charge in [0, 0.05) is 17.4 Å². The van der Waals surface area contributed by atoms with E-state index in [2.05, 4.69) is 18.8 Å². The fourth-order valence-corrected chi connectivity index (χ4v) is 2.39. The van der Waals surface area contributed by atoms with Crippen LogP contribution in [-0.4, -0.2) is 10.8 Å². The van der Waals surface area contributed by atoms with Gasteiger partial charge in [-0.3, -0.25) is 4.79 Å². The second-order valence-electron chi connectivity index (χ2n) is 5.22. The molecule has 1 aromatic heterocycles. The molecule has 0 N–H and O–H groups in total. The van der Waals surface area contributed by atoms with Crippen LogP contribution in [-0.2, 0) is 6.42 Å². The Hall–Kier alpha value is -1.41. The fraction of sp³-hybridized carbons (Fsp3) is 0.375. The molecular weight excluding hydrogens is 258 g/mol.